The highest BCUT2D eigenvalue weighted by molar-refractivity contribution is 6.12. The van der Waals surface area contributed by atoms with Crippen molar-refractivity contribution >= 4 is 29.2 Å². The van der Waals surface area contributed by atoms with Crippen LogP contribution in [0.2, 0.25) is 0 Å². The number of anilines is 2. The van der Waals surface area contributed by atoms with E-state index in [2.05, 4.69) is 10.3 Å². The maximum atomic E-state index is 13.5. The molecule has 0 saturated heterocycles. The fraction of sp³-hybridized carbons (Fsp3) is 0.160. The van der Waals surface area contributed by atoms with E-state index in [1.165, 1.54) is 31.3 Å². The summed E-state index contributed by atoms with van der Waals surface area (Å²) in [5, 5.41) is 22.2. The van der Waals surface area contributed by atoms with Crippen LogP contribution < -0.4 is 10.6 Å². The number of Topliss-reactive ketones (excluding diaryl/α,β-unsaturated/α-hetero) is 1. The van der Waals surface area contributed by atoms with Crippen molar-refractivity contribution in [2.45, 2.75) is 25.9 Å². The number of amides is 2. The number of halogens is 3. The third-order valence-corrected chi connectivity index (χ3v) is 5.16. The quantitative estimate of drug-likeness (QED) is 0.292. The lowest BCUT2D eigenvalue weighted by molar-refractivity contribution is -0.138. The Hall–Kier alpha value is -4.72. The minimum absolute atomic E-state index is 0.0282. The standard InChI is InChI=1S/C25H19F3N4O4/c1-2-14-10-20(32-24(35)36)21(11-19(14)25(26,27)28)31-23(34)12-22(33)17-5-3-4-15(8-17)16-6-7-30-18(9-16)13-29/h3-11,32H,2,12H2,1H3,(H,31,34)(H,35,36). The number of hydrogen-bond donors (Lipinski definition) is 3. The first kappa shape index (κ1) is 25.9. The Bertz CT molecular complexity index is 1380. The molecule has 0 radical (unpaired) electrons. The molecule has 0 aliphatic rings. The van der Waals surface area contributed by atoms with Gasteiger partial charge in [-0.15, -0.1) is 0 Å². The van der Waals surface area contributed by atoms with E-state index >= 15 is 0 Å². The van der Waals surface area contributed by atoms with Gasteiger partial charge in [-0.2, -0.15) is 18.4 Å². The molecule has 3 N–H and O–H groups in total. The van der Waals surface area contributed by atoms with Gasteiger partial charge in [0.15, 0.2) is 5.78 Å². The van der Waals surface area contributed by atoms with Gasteiger partial charge in [0.2, 0.25) is 5.91 Å². The number of hydrogen-bond acceptors (Lipinski definition) is 5. The Morgan fingerprint density at radius 2 is 1.72 bits per heavy atom. The van der Waals surface area contributed by atoms with Crippen molar-refractivity contribution in [2.75, 3.05) is 10.6 Å². The molecule has 0 unspecified atom stereocenters. The zero-order valence-electron chi connectivity index (χ0n) is 18.8. The summed E-state index contributed by atoms with van der Waals surface area (Å²) in [5.74, 6) is -1.54. The predicted octanol–water partition coefficient (Wildman–Crippen LogP) is 5.50. The summed E-state index contributed by atoms with van der Waals surface area (Å²) in [4.78, 5) is 40.3. The molecular formula is C25H19F3N4O4. The monoisotopic (exact) mass is 496 g/mol. The molecule has 0 aliphatic carbocycles. The van der Waals surface area contributed by atoms with Gasteiger partial charge in [-0.3, -0.25) is 14.9 Å². The average molecular weight is 496 g/mol. The van der Waals surface area contributed by atoms with Crippen LogP contribution in [0.25, 0.3) is 11.1 Å². The third kappa shape index (κ3) is 6.24. The summed E-state index contributed by atoms with van der Waals surface area (Å²) in [6, 6.07) is 13.0. The van der Waals surface area contributed by atoms with Gasteiger partial charge in [0.05, 0.1) is 23.4 Å². The number of nitrogens with zero attached hydrogens (tertiary/aromatic N) is 2. The number of pyridine rings is 1. The van der Waals surface area contributed by atoms with Crippen LogP contribution in [0.3, 0.4) is 0 Å². The summed E-state index contributed by atoms with van der Waals surface area (Å²) in [5.41, 5.74) is -0.285. The van der Waals surface area contributed by atoms with E-state index in [4.69, 9.17) is 10.4 Å². The molecule has 0 fully saturated rings. The number of ketones is 1. The van der Waals surface area contributed by atoms with Crippen LogP contribution in [0.1, 0.15) is 40.5 Å². The first-order valence-electron chi connectivity index (χ1n) is 10.6. The molecule has 0 saturated carbocycles. The predicted molar refractivity (Wildman–Crippen MR) is 124 cm³/mol. The summed E-state index contributed by atoms with van der Waals surface area (Å²) in [6.07, 6.45) is -5.55. The van der Waals surface area contributed by atoms with E-state index in [9.17, 15) is 27.6 Å². The first-order chi connectivity index (χ1) is 17.0. The number of carbonyl (C=O) groups excluding carboxylic acids is 2. The number of aryl methyl sites for hydroxylation is 1. The van der Waals surface area contributed by atoms with Crippen molar-refractivity contribution in [3.8, 4) is 17.2 Å². The van der Waals surface area contributed by atoms with Crippen LogP contribution in [0.5, 0.6) is 0 Å². The number of alkyl halides is 3. The van der Waals surface area contributed by atoms with Crippen LogP contribution in [-0.2, 0) is 17.4 Å². The smallest absolute Gasteiger partial charge is 0.416 e. The van der Waals surface area contributed by atoms with Crippen LogP contribution in [0.4, 0.5) is 29.3 Å². The van der Waals surface area contributed by atoms with E-state index in [-0.39, 0.29) is 28.9 Å². The van der Waals surface area contributed by atoms with Crippen molar-refractivity contribution in [1.29, 1.82) is 5.26 Å². The highest BCUT2D eigenvalue weighted by atomic mass is 19.4. The van der Waals surface area contributed by atoms with Gasteiger partial charge >= 0.3 is 12.3 Å². The van der Waals surface area contributed by atoms with Gasteiger partial charge in [0.25, 0.3) is 0 Å². The maximum absolute atomic E-state index is 13.5. The minimum atomic E-state index is -4.73. The summed E-state index contributed by atoms with van der Waals surface area (Å²) in [7, 11) is 0. The van der Waals surface area contributed by atoms with Crippen molar-refractivity contribution in [3.05, 3.63) is 77.1 Å². The van der Waals surface area contributed by atoms with Gasteiger partial charge in [0, 0.05) is 11.8 Å². The molecule has 0 atom stereocenters. The lowest BCUT2D eigenvalue weighted by Crippen LogP contribution is -2.20. The van der Waals surface area contributed by atoms with Crippen LogP contribution in [0.15, 0.2) is 54.7 Å². The summed E-state index contributed by atoms with van der Waals surface area (Å²) < 4.78 is 40.4. The molecule has 0 aliphatic heterocycles. The largest absolute Gasteiger partial charge is 0.465 e. The Kier molecular flexibility index (Phi) is 7.69. The second-order valence-corrected chi connectivity index (χ2v) is 7.61. The van der Waals surface area contributed by atoms with E-state index in [0.717, 1.165) is 6.07 Å². The molecule has 0 spiro atoms. The van der Waals surface area contributed by atoms with Crippen molar-refractivity contribution < 1.29 is 32.7 Å². The molecule has 3 rings (SSSR count). The third-order valence-electron chi connectivity index (χ3n) is 5.16. The number of benzene rings is 2. The molecule has 36 heavy (non-hydrogen) atoms. The molecule has 0 bridgehead atoms. The topological polar surface area (TPSA) is 132 Å². The van der Waals surface area contributed by atoms with Crippen LogP contribution >= 0.6 is 0 Å². The highest BCUT2D eigenvalue weighted by Gasteiger charge is 2.34. The van der Waals surface area contributed by atoms with Crippen molar-refractivity contribution in [3.63, 3.8) is 0 Å². The van der Waals surface area contributed by atoms with E-state index in [1.54, 1.807) is 18.2 Å². The lowest BCUT2D eigenvalue weighted by Gasteiger charge is -2.18. The molecule has 3 aromatic rings. The minimum Gasteiger partial charge on any atom is -0.465 e. The molecule has 184 valence electrons. The average Bonchev–Trinajstić information content (AvgIpc) is 2.83. The maximum Gasteiger partial charge on any atom is 0.416 e. The Balaban J connectivity index is 1.85. The van der Waals surface area contributed by atoms with Gasteiger partial charge in [-0.25, -0.2) is 9.78 Å². The second kappa shape index (κ2) is 10.7. The van der Waals surface area contributed by atoms with Gasteiger partial charge in [0.1, 0.15) is 11.8 Å². The number of carboxylic acid groups (broad SMARTS) is 1. The molecule has 2 aromatic carbocycles. The van der Waals surface area contributed by atoms with Gasteiger partial charge < -0.3 is 10.4 Å². The highest BCUT2D eigenvalue weighted by Crippen LogP contribution is 2.37. The second-order valence-electron chi connectivity index (χ2n) is 7.61. The van der Waals surface area contributed by atoms with Crippen LogP contribution in [0, 0.1) is 11.3 Å². The summed E-state index contributed by atoms with van der Waals surface area (Å²) >= 11 is 0. The SMILES string of the molecule is CCc1cc(NC(=O)O)c(NC(=O)CC(=O)c2cccc(-c3ccnc(C#N)c3)c2)cc1C(F)(F)F. The van der Waals surface area contributed by atoms with E-state index in [0.29, 0.717) is 17.2 Å². The van der Waals surface area contributed by atoms with Gasteiger partial charge in [-0.05, 0) is 53.4 Å². The summed E-state index contributed by atoms with van der Waals surface area (Å²) in [6.45, 7) is 1.48. The fourth-order valence-electron chi connectivity index (χ4n) is 3.51. The number of aromatic nitrogens is 1. The Morgan fingerprint density at radius 1 is 1.03 bits per heavy atom. The number of rotatable bonds is 7. The lowest BCUT2D eigenvalue weighted by atomic mass is 10.00. The van der Waals surface area contributed by atoms with Crippen molar-refractivity contribution in [1.82, 2.24) is 4.98 Å². The molecule has 8 nitrogen and oxygen atoms in total. The normalized spacial score (nSPS) is 10.9. The zero-order chi connectivity index (χ0) is 26.5. The number of carbonyl (C=O) groups is 3. The zero-order valence-corrected chi connectivity index (χ0v) is 18.8. The molecule has 1 heterocycles. The van der Waals surface area contributed by atoms with Crippen LogP contribution in [-0.4, -0.2) is 27.9 Å². The number of nitriles is 1. The first-order valence-corrected chi connectivity index (χ1v) is 10.6. The molecule has 11 heteroatoms. The molecule has 2 amide bonds. The fourth-order valence-corrected chi connectivity index (χ4v) is 3.51. The Labute approximate surface area is 203 Å². The Morgan fingerprint density at radius 3 is 2.36 bits per heavy atom. The van der Waals surface area contributed by atoms with E-state index < -0.39 is 41.6 Å². The number of nitrogens with one attached hydrogen (secondary N) is 2. The van der Waals surface area contributed by atoms with Crippen molar-refractivity contribution in [2.24, 2.45) is 0 Å². The molecular weight excluding hydrogens is 477 g/mol. The van der Waals surface area contributed by atoms with E-state index in [1.807, 2.05) is 11.4 Å². The molecule has 1 aromatic heterocycles. The van der Waals surface area contributed by atoms with Gasteiger partial charge in [-0.1, -0.05) is 25.1 Å².